The van der Waals surface area contributed by atoms with Crippen LogP contribution in [0.3, 0.4) is 0 Å². The van der Waals surface area contributed by atoms with Gasteiger partial charge in [-0.2, -0.15) is 10.1 Å². The standard InChI is InChI=1S/C12H18ClN5O/c1-3-9-12(13)10(18(4-2)16-9)7-14-6-5-11-15-8-19-17-11/h8,14H,3-7H2,1-2H3. The SMILES string of the molecule is CCc1nn(CC)c(CNCCc2ncon2)c1Cl. The molecule has 2 aromatic heterocycles. The lowest BCUT2D eigenvalue weighted by Crippen LogP contribution is -2.19. The molecule has 2 aromatic rings. The number of aromatic nitrogens is 4. The van der Waals surface area contributed by atoms with Crippen LogP contribution in [0.15, 0.2) is 10.9 Å². The molecule has 0 aliphatic heterocycles. The van der Waals surface area contributed by atoms with E-state index >= 15 is 0 Å². The molecule has 0 saturated carbocycles. The van der Waals surface area contributed by atoms with Gasteiger partial charge < -0.3 is 9.84 Å². The molecular weight excluding hydrogens is 266 g/mol. The van der Waals surface area contributed by atoms with Crippen molar-refractivity contribution in [1.82, 2.24) is 25.2 Å². The molecule has 0 bridgehead atoms. The third kappa shape index (κ3) is 3.33. The first-order valence-electron chi connectivity index (χ1n) is 6.46. The number of nitrogens with zero attached hydrogens (tertiary/aromatic N) is 4. The van der Waals surface area contributed by atoms with E-state index in [0.29, 0.717) is 12.4 Å². The molecule has 6 nitrogen and oxygen atoms in total. The highest BCUT2D eigenvalue weighted by atomic mass is 35.5. The van der Waals surface area contributed by atoms with E-state index in [2.05, 4.69) is 38.9 Å². The van der Waals surface area contributed by atoms with Crippen molar-refractivity contribution in [1.29, 1.82) is 0 Å². The van der Waals surface area contributed by atoms with Crippen LogP contribution in [0.25, 0.3) is 0 Å². The Morgan fingerprint density at radius 1 is 1.42 bits per heavy atom. The number of hydrogen-bond donors (Lipinski definition) is 1. The first-order chi connectivity index (χ1) is 9.26. The Kier molecular flexibility index (Phi) is 4.93. The van der Waals surface area contributed by atoms with Gasteiger partial charge in [-0.1, -0.05) is 23.7 Å². The summed E-state index contributed by atoms with van der Waals surface area (Å²) >= 11 is 6.32. The van der Waals surface area contributed by atoms with E-state index in [4.69, 9.17) is 11.6 Å². The van der Waals surface area contributed by atoms with Crippen molar-refractivity contribution in [3.8, 4) is 0 Å². The summed E-state index contributed by atoms with van der Waals surface area (Å²) in [7, 11) is 0. The van der Waals surface area contributed by atoms with Crippen LogP contribution in [0.1, 0.15) is 31.1 Å². The van der Waals surface area contributed by atoms with Crippen molar-refractivity contribution in [2.45, 2.75) is 39.8 Å². The molecular formula is C12H18ClN5O. The fourth-order valence-electron chi connectivity index (χ4n) is 1.90. The van der Waals surface area contributed by atoms with E-state index in [1.165, 1.54) is 6.39 Å². The largest absolute Gasteiger partial charge is 0.343 e. The summed E-state index contributed by atoms with van der Waals surface area (Å²) in [6.07, 6.45) is 2.92. The predicted molar refractivity (Wildman–Crippen MR) is 72.0 cm³/mol. The predicted octanol–water partition coefficient (Wildman–Crippen LogP) is 1.83. The number of hydrogen-bond acceptors (Lipinski definition) is 5. The highest BCUT2D eigenvalue weighted by Gasteiger charge is 2.13. The molecule has 1 N–H and O–H groups in total. The summed E-state index contributed by atoms with van der Waals surface area (Å²) in [6, 6.07) is 0. The topological polar surface area (TPSA) is 68.8 Å². The molecule has 0 unspecified atom stereocenters. The summed E-state index contributed by atoms with van der Waals surface area (Å²) in [4.78, 5) is 3.97. The Hall–Kier alpha value is -1.40. The molecule has 0 aliphatic carbocycles. The van der Waals surface area contributed by atoms with Gasteiger partial charge >= 0.3 is 0 Å². The van der Waals surface area contributed by atoms with Crippen LogP contribution >= 0.6 is 11.6 Å². The molecule has 104 valence electrons. The van der Waals surface area contributed by atoms with Gasteiger partial charge in [0.25, 0.3) is 0 Å². The number of aryl methyl sites for hydroxylation is 2. The molecule has 0 saturated heterocycles. The Bertz CT molecular complexity index is 508. The van der Waals surface area contributed by atoms with Crippen LogP contribution in [-0.2, 0) is 25.9 Å². The molecule has 2 heterocycles. The number of rotatable bonds is 7. The zero-order chi connectivity index (χ0) is 13.7. The Labute approximate surface area is 117 Å². The monoisotopic (exact) mass is 283 g/mol. The van der Waals surface area contributed by atoms with Crippen molar-refractivity contribution < 1.29 is 4.52 Å². The molecule has 19 heavy (non-hydrogen) atoms. The fourth-order valence-corrected chi connectivity index (χ4v) is 2.23. The maximum Gasteiger partial charge on any atom is 0.213 e. The maximum absolute atomic E-state index is 6.32. The highest BCUT2D eigenvalue weighted by molar-refractivity contribution is 6.31. The van der Waals surface area contributed by atoms with Crippen LogP contribution in [-0.4, -0.2) is 26.5 Å². The molecule has 7 heteroatoms. The molecule has 0 radical (unpaired) electrons. The van der Waals surface area contributed by atoms with Crippen LogP contribution in [0.5, 0.6) is 0 Å². The molecule has 0 fully saturated rings. The first-order valence-corrected chi connectivity index (χ1v) is 6.84. The average molecular weight is 284 g/mol. The van der Waals surface area contributed by atoms with Crippen molar-refractivity contribution in [2.75, 3.05) is 6.54 Å². The second kappa shape index (κ2) is 6.68. The molecule has 0 spiro atoms. The first kappa shape index (κ1) is 14.0. The van der Waals surface area contributed by atoms with E-state index in [9.17, 15) is 0 Å². The Morgan fingerprint density at radius 2 is 2.26 bits per heavy atom. The summed E-state index contributed by atoms with van der Waals surface area (Å²) in [6.45, 7) is 6.40. The lowest BCUT2D eigenvalue weighted by molar-refractivity contribution is 0.409. The van der Waals surface area contributed by atoms with Crippen LogP contribution < -0.4 is 5.32 Å². The van der Waals surface area contributed by atoms with E-state index in [1.54, 1.807) is 0 Å². The van der Waals surface area contributed by atoms with Gasteiger partial charge in [-0.05, 0) is 13.3 Å². The van der Waals surface area contributed by atoms with E-state index in [1.807, 2.05) is 4.68 Å². The van der Waals surface area contributed by atoms with Gasteiger partial charge in [-0.15, -0.1) is 0 Å². The second-order valence-corrected chi connectivity index (χ2v) is 4.53. The van der Waals surface area contributed by atoms with Crippen LogP contribution in [0.4, 0.5) is 0 Å². The second-order valence-electron chi connectivity index (χ2n) is 4.15. The summed E-state index contributed by atoms with van der Waals surface area (Å²) in [5.74, 6) is 0.705. The van der Waals surface area contributed by atoms with Gasteiger partial charge in [-0.25, -0.2) is 0 Å². The van der Waals surface area contributed by atoms with Crippen LogP contribution in [0, 0.1) is 0 Å². The fraction of sp³-hybridized carbons (Fsp3) is 0.583. The molecule has 0 atom stereocenters. The van der Waals surface area contributed by atoms with Crippen LogP contribution in [0.2, 0.25) is 5.02 Å². The lowest BCUT2D eigenvalue weighted by atomic mass is 10.3. The van der Waals surface area contributed by atoms with Crippen molar-refractivity contribution in [2.24, 2.45) is 0 Å². The zero-order valence-corrected chi connectivity index (χ0v) is 11.9. The van der Waals surface area contributed by atoms with Crippen molar-refractivity contribution in [3.05, 3.63) is 28.6 Å². The minimum absolute atomic E-state index is 0.692. The summed E-state index contributed by atoms with van der Waals surface area (Å²) < 4.78 is 6.63. The van der Waals surface area contributed by atoms with Gasteiger partial charge in [0.2, 0.25) is 6.39 Å². The van der Waals surface area contributed by atoms with Gasteiger partial charge in [0.15, 0.2) is 5.82 Å². The molecule has 0 aliphatic rings. The van der Waals surface area contributed by atoms with E-state index < -0.39 is 0 Å². The third-order valence-corrected chi connectivity index (χ3v) is 3.36. The maximum atomic E-state index is 6.32. The summed E-state index contributed by atoms with van der Waals surface area (Å²) in [5.41, 5.74) is 1.99. The molecule has 0 amide bonds. The van der Waals surface area contributed by atoms with E-state index in [0.717, 1.165) is 42.3 Å². The molecule has 0 aromatic carbocycles. The number of nitrogens with one attached hydrogen (secondary N) is 1. The highest BCUT2D eigenvalue weighted by Crippen LogP contribution is 2.21. The lowest BCUT2D eigenvalue weighted by Gasteiger charge is -2.06. The quantitative estimate of drug-likeness (QED) is 0.785. The third-order valence-electron chi connectivity index (χ3n) is 2.92. The smallest absolute Gasteiger partial charge is 0.213 e. The Balaban J connectivity index is 1.90. The van der Waals surface area contributed by atoms with Gasteiger partial charge in [0.05, 0.1) is 16.4 Å². The van der Waals surface area contributed by atoms with Crippen molar-refractivity contribution >= 4 is 11.6 Å². The zero-order valence-electron chi connectivity index (χ0n) is 11.2. The average Bonchev–Trinajstić information content (AvgIpc) is 3.03. The van der Waals surface area contributed by atoms with Gasteiger partial charge in [-0.3, -0.25) is 4.68 Å². The number of halogens is 1. The van der Waals surface area contributed by atoms with Gasteiger partial charge in [0.1, 0.15) is 0 Å². The Morgan fingerprint density at radius 3 is 2.89 bits per heavy atom. The normalized spacial score (nSPS) is 11.1. The van der Waals surface area contributed by atoms with Gasteiger partial charge in [0, 0.05) is 26.1 Å². The summed E-state index contributed by atoms with van der Waals surface area (Å²) in [5, 5.41) is 12.3. The van der Waals surface area contributed by atoms with Crippen molar-refractivity contribution in [3.63, 3.8) is 0 Å². The van der Waals surface area contributed by atoms with E-state index in [-0.39, 0.29) is 0 Å². The minimum atomic E-state index is 0.692. The minimum Gasteiger partial charge on any atom is -0.343 e. The molecule has 2 rings (SSSR count).